The first-order chi connectivity index (χ1) is 19.0. The molecule has 214 valence electrons. The minimum atomic E-state index is -1.46. The average Bonchev–Trinajstić information content (AvgIpc) is 2.92. The molecule has 0 aliphatic carbocycles. The second kappa shape index (κ2) is 13.6. The number of phenols is 1. The number of phenolic OH excluding ortho intramolecular Hbond substituents is 1. The van der Waals surface area contributed by atoms with Gasteiger partial charge in [0.25, 0.3) is 5.91 Å². The Morgan fingerprint density at radius 3 is 2.33 bits per heavy atom. The highest BCUT2D eigenvalue weighted by molar-refractivity contribution is 6.01. The van der Waals surface area contributed by atoms with E-state index in [-0.39, 0.29) is 30.0 Å². The van der Waals surface area contributed by atoms with E-state index in [4.69, 9.17) is 14.2 Å². The molecule has 5 unspecified atom stereocenters. The van der Waals surface area contributed by atoms with Gasteiger partial charge in [-0.05, 0) is 43.9 Å². The molecule has 0 spiro atoms. The SMILES string of the molecule is CC(C)CC(=O)OC1C(C)OC(=O)C(NC(=O)c2cccc(NC=O)c2O)C(C)OC(=O)C1Cc1ccccc1. The van der Waals surface area contributed by atoms with Gasteiger partial charge < -0.3 is 30.0 Å². The van der Waals surface area contributed by atoms with Crippen LogP contribution in [0.2, 0.25) is 0 Å². The van der Waals surface area contributed by atoms with Crippen molar-refractivity contribution in [2.75, 3.05) is 5.32 Å². The lowest BCUT2D eigenvalue weighted by molar-refractivity contribution is -0.175. The second-order valence-electron chi connectivity index (χ2n) is 10.0. The Hall–Kier alpha value is -4.41. The van der Waals surface area contributed by atoms with E-state index in [1.165, 1.54) is 32.0 Å². The summed E-state index contributed by atoms with van der Waals surface area (Å²) in [6.45, 7) is 6.62. The first-order valence-corrected chi connectivity index (χ1v) is 13.0. The summed E-state index contributed by atoms with van der Waals surface area (Å²) in [5.41, 5.74) is 0.542. The minimum Gasteiger partial charge on any atom is -0.505 e. The number of nitrogens with one attached hydrogen (secondary N) is 2. The van der Waals surface area contributed by atoms with Gasteiger partial charge in [-0.3, -0.25) is 19.2 Å². The van der Waals surface area contributed by atoms with Gasteiger partial charge in [-0.25, -0.2) is 4.79 Å². The van der Waals surface area contributed by atoms with Gasteiger partial charge in [0.05, 0.1) is 11.3 Å². The van der Waals surface area contributed by atoms with Crippen molar-refractivity contribution >= 4 is 35.9 Å². The van der Waals surface area contributed by atoms with Crippen LogP contribution in [0.1, 0.15) is 50.0 Å². The van der Waals surface area contributed by atoms with E-state index in [2.05, 4.69) is 10.6 Å². The standard InChI is InChI=1S/C29H34N2O9/c1-16(2)13-23(33)40-26-18(4)39-29(37)24(31-27(35)20-11-8-12-22(25(20)34)30-15-32)17(3)38-28(36)21(26)14-19-9-6-5-7-10-19/h5-12,15-18,21,24,26,34H,13-14H2,1-4H3,(H,30,32)(H,31,35). The van der Waals surface area contributed by atoms with Gasteiger partial charge in [-0.2, -0.15) is 0 Å². The maximum absolute atomic E-state index is 13.5. The first-order valence-electron chi connectivity index (χ1n) is 13.0. The van der Waals surface area contributed by atoms with Crippen molar-refractivity contribution in [3.8, 4) is 5.75 Å². The Balaban J connectivity index is 1.92. The molecule has 0 aromatic heterocycles. The molecule has 0 saturated carbocycles. The Morgan fingerprint density at radius 1 is 1.00 bits per heavy atom. The van der Waals surface area contributed by atoms with Crippen LogP contribution in [0.5, 0.6) is 5.75 Å². The van der Waals surface area contributed by atoms with Gasteiger partial charge in [0, 0.05) is 6.42 Å². The Kier molecular flexibility index (Phi) is 10.2. The first kappa shape index (κ1) is 30.1. The average molecular weight is 555 g/mol. The minimum absolute atomic E-state index is 0.00233. The monoisotopic (exact) mass is 554 g/mol. The van der Waals surface area contributed by atoms with Gasteiger partial charge in [0.1, 0.15) is 18.1 Å². The van der Waals surface area contributed by atoms with E-state index in [1.54, 1.807) is 0 Å². The number of rotatable bonds is 9. The molecule has 3 rings (SSSR count). The summed E-state index contributed by atoms with van der Waals surface area (Å²) in [5.74, 6) is -4.60. The number of carbonyl (C=O) groups is 5. The van der Waals surface area contributed by atoms with Crippen LogP contribution in [0.25, 0.3) is 0 Å². The molecule has 1 aliphatic rings. The number of cyclic esters (lactones) is 2. The number of hydrogen-bond acceptors (Lipinski definition) is 9. The van der Waals surface area contributed by atoms with Crippen molar-refractivity contribution in [3.05, 3.63) is 59.7 Å². The third kappa shape index (κ3) is 7.58. The van der Waals surface area contributed by atoms with Crippen molar-refractivity contribution in [2.45, 2.75) is 64.9 Å². The molecule has 0 bridgehead atoms. The van der Waals surface area contributed by atoms with Gasteiger partial charge in [-0.15, -0.1) is 0 Å². The van der Waals surface area contributed by atoms with Gasteiger partial charge in [-0.1, -0.05) is 50.2 Å². The number of ether oxygens (including phenoxy) is 3. The molecular weight excluding hydrogens is 520 g/mol. The van der Waals surface area contributed by atoms with Crippen LogP contribution in [0.15, 0.2) is 48.5 Å². The van der Waals surface area contributed by atoms with Gasteiger partial charge in [0.15, 0.2) is 17.9 Å². The van der Waals surface area contributed by atoms with Crippen molar-refractivity contribution in [1.29, 1.82) is 0 Å². The van der Waals surface area contributed by atoms with Crippen molar-refractivity contribution in [2.24, 2.45) is 11.8 Å². The van der Waals surface area contributed by atoms with Gasteiger partial charge >= 0.3 is 17.9 Å². The Bertz CT molecular complexity index is 1230. The van der Waals surface area contributed by atoms with Crippen LogP contribution >= 0.6 is 0 Å². The quantitative estimate of drug-likeness (QED) is 0.183. The van der Waals surface area contributed by atoms with Crippen LogP contribution in [-0.2, 0) is 39.8 Å². The van der Waals surface area contributed by atoms with E-state index < -0.39 is 59.8 Å². The lowest BCUT2D eigenvalue weighted by Gasteiger charge is -2.29. The van der Waals surface area contributed by atoms with E-state index >= 15 is 0 Å². The fraction of sp³-hybridized carbons (Fsp3) is 0.414. The van der Waals surface area contributed by atoms with E-state index in [9.17, 15) is 29.1 Å². The molecule has 2 aromatic carbocycles. The van der Waals surface area contributed by atoms with Crippen LogP contribution in [0.3, 0.4) is 0 Å². The highest BCUT2D eigenvalue weighted by Crippen LogP contribution is 2.28. The fourth-order valence-corrected chi connectivity index (χ4v) is 4.40. The zero-order valence-electron chi connectivity index (χ0n) is 22.8. The zero-order chi connectivity index (χ0) is 29.4. The highest BCUT2D eigenvalue weighted by atomic mass is 16.6. The molecule has 1 heterocycles. The van der Waals surface area contributed by atoms with Crippen LogP contribution in [-0.4, -0.2) is 59.7 Å². The number of esters is 3. The molecule has 1 aliphatic heterocycles. The van der Waals surface area contributed by atoms with E-state index in [0.717, 1.165) is 5.56 Å². The van der Waals surface area contributed by atoms with Crippen LogP contribution < -0.4 is 10.6 Å². The number of carbonyl (C=O) groups excluding carboxylic acids is 5. The normalized spacial score (nSPS) is 23.1. The number of aromatic hydroxyl groups is 1. The summed E-state index contributed by atoms with van der Waals surface area (Å²) in [5, 5.41) is 15.1. The molecule has 3 N–H and O–H groups in total. The molecule has 1 saturated heterocycles. The number of benzene rings is 2. The second-order valence-corrected chi connectivity index (χ2v) is 10.0. The number of amides is 2. The molecular formula is C29H34N2O9. The highest BCUT2D eigenvalue weighted by Gasteiger charge is 2.44. The lowest BCUT2D eigenvalue weighted by Crippen LogP contribution is -2.50. The molecule has 5 atom stereocenters. The maximum atomic E-state index is 13.5. The number of anilines is 1. The smallest absolute Gasteiger partial charge is 0.332 e. The summed E-state index contributed by atoms with van der Waals surface area (Å²) < 4.78 is 17.0. The van der Waals surface area contributed by atoms with Crippen molar-refractivity contribution < 1.29 is 43.3 Å². The molecule has 0 radical (unpaired) electrons. The molecule has 11 nitrogen and oxygen atoms in total. The Labute approximate surface area is 232 Å². The summed E-state index contributed by atoms with van der Waals surface area (Å²) in [6.07, 6.45) is -2.82. The molecule has 40 heavy (non-hydrogen) atoms. The van der Waals surface area contributed by atoms with Crippen molar-refractivity contribution in [3.63, 3.8) is 0 Å². The lowest BCUT2D eigenvalue weighted by atomic mass is 9.91. The summed E-state index contributed by atoms with van der Waals surface area (Å²) in [4.78, 5) is 63.2. The largest absolute Gasteiger partial charge is 0.505 e. The van der Waals surface area contributed by atoms with Crippen LogP contribution in [0.4, 0.5) is 5.69 Å². The Morgan fingerprint density at radius 2 is 1.68 bits per heavy atom. The van der Waals surface area contributed by atoms with E-state index in [1.807, 2.05) is 44.2 Å². The molecule has 2 amide bonds. The maximum Gasteiger partial charge on any atom is 0.332 e. The fourth-order valence-electron chi connectivity index (χ4n) is 4.40. The summed E-state index contributed by atoms with van der Waals surface area (Å²) in [7, 11) is 0. The van der Waals surface area contributed by atoms with Crippen LogP contribution in [0, 0.1) is 11.8 Å². The third-order valence-electron chi connectivity index (χ3n) is 6.41. The molecule has 1 fully saturated rings. The number of hydrogen-bond donors (Lipinski definition) is 3. The zero-order valence-corrected chi connectivity index (χ0v) is 22.8. The predicted octanol–water partition coefficient (Wildman–Crippen LogP) is 2.75. The van der Waals surface area contributed by atoms with Gasteiger partial charge in [0.2, 0.25) is 6.41 Å². The third-order valence-corrected chi connectivity index (χ3v) is 6.41. The molecule has 2 aromatic rings. The predicted molar refractivity (Wildman–Crippen MR) is 143 cm³/mol. The van der Waals surface area contributed by atoms with E-state index in [0.29, 0.717) is 6.41 Å². The topological polar surface area (TPSA) is 157 Å². The molecule has 11 heteroatoms. The number of para-hydroxylation sites is 1. The summed E-state index contributed by atoms with van der Waals surface area (Å²) in [6, 6.07) is 11.7. The van der Waals surface area contributed by atoms with Crippen molar-refractivity contribution in [1.82, 2.24) is 5.32 Å². The summed E-state index contributed by atoms with van der Waals surface area (Å²) >= 11 is 0.